The Morgan fingerprint density at radius 2 is 1.96 bits per heavy atom. The van der Waals surface area contributed by atoms with Gasteiger partial charge >= 0.3 is 0 Å². The number of furan rings is 1. The fourth-order valence-corrected chi connectivity index (χ4v) is 2.55. The highest BCUT2D eigenvalue weighted by Gasteiger charge is 2.27. The fourth-order valence-electron chi connectivity index (χ4n) is 2.55. The van der Waals surface area contributed by atoms with Crippen LogP contribution in [0.1, 0.15) is 57.1 Å². The van der Waals surface area contributed by atoms with Gasteiger partial charge in [-0.2, -0.15) is 0 Å². The van der Waals surface area contributed by atoms with Crippen molar-refractivity contribution in [3.8, 4) is 0 Å². The van der Waals surface area contributed by atoms with Crippen molar-refractivity contribution >= 4 is 5.96 Å². The molecule has 0 aliphatic heterocycles. The van der Waals surface area contributed by atoms with Crippen molar-refractivity contribution < 1.29 is 14.3 Å². The van der Waals surface area contributed by atoms with Crippen LogP contribution in [0.5, 0.6) is 0 Å². The van der Waals surface area contributed by atoms with Crippen molar-refractivity contribution in [1.29, 1.82) is 0 Å². The number of guanidine groups is 1. The van der Waals surface area contributed by atoms with E-state index in [2.05, 4.69) is 22.5 Å². The Morgan fingerprint density at radius 1 is 1.24 bits per heavy atom. The Kier molecular flexibility index (Phi) is 9.60. The number of hydrogen-bond donors (Lipinski definition) is 3. The lowest BCUT2D eigenvalue weighted by Gasteiger charge is -2.21. The Balaban J connectivity index is 2.50. The maximum absolute atomic E-state index is 10.7. The minimum absolute atomic E-state index is 0.259. The molecule has 1 aromatic rings. The molecule has 0 aromatic carbocycles. The second-order valence-corrected chi connectivity index (χ2v) is 6.54. The maximum atomic E-state index is 10.7. The Bertz CT molecular complexity index is 524. The van der Waals surface area contributed by atoms with E-state index >= 15 is 0 Å². The second kappa shape index (κ2) is 11.2. The summed E-state index contributed by atoms with van der Waals surface area (Å²) in [6.07, 6.45) is 3.19. The first-order valence-corrected chi connectivity index (χ1v) is 9.30. The molecule has 0 amide bonds. The van der Waals surface area contributed by atoms with Gasteiger partial charge in [0, 0.05) is 31.9 Å². The first-order chi connectivity index (χ1) is 11.9. The van der Waals surface area contributed by atoms with Crippen LogP contribution >= 0.6 is 0 Å². The number of aliphatic imine (C=N–C) groups is 1. The Hall–Kier alpha value is -1.53. The minimum Gasteiger partial charge on any atom is -0.466 e. The summed E-state index contributed by atoms with van der Waals surface area (Å²) < 4.78 is 11.1. The summed E-state index contributed by atoms with van der Waals surface area (Å²) in [5.41, 5.74) is -0.276. The lowest BCUT2D eigenvalue weighted by molar-refractivity contribution is 0.0657. The third-order valence-corrected chi connectivity index (χ3v) is 3.91. The van der Waals surface area contributed by atoms with Gasteiger partial charge in [0.05, 0.1) is 6.54 Å². The van der Waals surface area contributed by atoms with Crippen LogP contribution in [-0.4, -0.2) is 43.9 Å². The molecule has 0 bridgehead atoms. The molecule has 0 saturated heterocycles. The molecule has 1 aromatic heterocycles. The molecule has 0 fully saturated rings. The van der Waals surface area contributed by atoms with Crippen LogP contribution in [0.3, 0.4) is 0 Å². The molecule has 25 heavy (non-hydrogen) atoms. The quantitative estimate of drug-likeness (QED) is 0.324. The lowest BCUT2D eigenvalue weighted by Crippen LogP contribution is -2.39. The van der Waals surface area contributed by atoms with Crippen molar-refractivity contribution in [2.45, 2.75) is 59.5 Å². The molecule has 0 aliphatic rings. The molecular weight excluding hydrogens is 318 g/mol. The average molecular weight is 354 g/mol. The molecule has 144 valence electrons. The number of aryl methyl sites for hydroxylation is 2. The summed E-state index contributed by atoms with van der Waals surface area (Å²) in [6, 6.07) is 1.87. The summed E-state index contributed by atoms with van der Waals surface area (Å²) in [5, 5.41) is 17.2. The summed E-state index contributed by atoms with van der Waals surface area (Å²) in [5.74, 6) is 2.24. The molecule has 0 radical (unpaired) electrons. The van der Waals surface area contributed by atoms with E-state index in [1.165, 1.54) is 0 Å². The second-order valence-electron chi connectivity index (χ2n) is 6.54. The van der Waals surface area contributed by atoms with Crippen LogP contribution in [0.4, 0.5) is 0 Å². The lowest BCUT2D eigenvalue weighted by atomic mass is 9.96. The molecule has 0 aliphatic carbocycles. The highest BCUT2D eigenvalue weighted by molar-refractivity contribution is 5.79. The zero-order valence-electron chi connectivity index (χ0n) is 16.4. The molecule has 0 spiro atoms. The van der Waals surface area contributed by atoms with Crippen molar-refractivity contribution in [2.75, 3.05) is 32.8 Å². The number of hydrogen-bond acceptors (Lipinski definition) is 4. The monoisotopic (exact) mass is 353 g/mol. The largest absolute Gasteiger partial charge is 0.466 e. The van der Waals surface area contributed by atoms with E-state index in [1.54, 1.807) is 6.92 Å². The smallest absolute Gasteiger partial charge is 0.191 e. The average Bonchev–Trinajstić information content (AvgIpc) is 2.91. The fraction of sp³-hybridized carbons (Fsp3) is 0.737. The summed E-state index contributed by atoms with van der Waals surface area (Å²) in [7, 11) is 0. The van der Waals surface area contributed by atoms with E-state index in [-0.39, 0.29) is 6.54 Å². The standard InChI is InChI=1S/C19H35N3O3/c1-6-8-11-24-12-9-10-21-18(20-7-2)22-14-19(5,23)17-13-15(3)25-16(17)4/h13,23H,6-12,14H2,1-5H3,(H2,20,21,22). The normalized spacial score (nSPS) is 14.4. The van der Waals surface area contributed by atoms with Gasteiger partial charge in [-0.1, -0.05) is 13.3 Å². The summed E-state index contributed by atoms with van der Waals surface area (Å²) >= 11 is 0. The van der Waals surface area contributed by atoms with Gasteiger partial charge in [-0.3, -0.25) is 0 Å². The van der Waals surface area contributed by atoms with E-state index in [0.29, 0.717) is 5.96 Å². The van der Waals surface area contributed by atoms with Gasteiger partial charge in [-0.25, -0.2) is 4.99 Å². The van der Waals surface area contributed by atoms with E-state index in [9.17, 15) is 5.11 Å². The van der Waals surface area contributed by atoms with Gasteiger partial charge in [0.2, 0.25) is 0 Å². The zero-order valence-corrected chi connectivity index (χ0v) is 16.4. The minimum atomic E-state index is -1.06. The van der Waals surface area contributed by atoms with E-state index < -0.39 is 5.60 Å². The topological polar surface area (TPSA) is 79.0 Å². The predicted molar refractivity (Wildman–Crippen MR) is 102 cm³/mol. The third kappa shape index (κ3) is 7.92. The van der Waals surface area contributed by atoms with E-state index in [4.69, 9.17) is 9.15 Å². The molecular formula is C19H35N3O3. The van der Waals surface area contributed by atoms with Crippen molar-refractivity contribution in [3.05, 3.63) is 23.2 Å². The number of nitrogens with one attached hydrogen (secondary N) is 2. The van der Waals surface area contributed by atoms with Crippen LogP contribution < -0.4 is 10.6 Å². The van der Waals surface area contributed by atoms with Crippen LogP contribution in [0, 0.1) is 13.8 Å². The maximum Gasteiger partial charge on any atom is 0.191 e. The zero-order chi connectivity index (χ0) is 18.7. The molecule has 1 heterocycles. The summed E-state index contributed by atoms with van der Waals surface area (Å²) in [4.78, 5) is 4.52. The molecule has 1 atom stereocenters. The molecule has 1 rings (SSSR count). The van der Waals surface area contributed by atoms with Gasteiger partial charge in [0.25, 0.3) is 0 Å². The first kappa shape index (κ1) is 21.5. The third-order valence-electron chi connectivity index (χ3n) is 3.91. The number of unbranched alkanes of at least 4 members (excludes halogenated alkanes) is 1. The van der Waals surface area contributed by atoms with Gasteiger partial charge in [0.1, 0.15) is 17.1 Å². The van der Waals surface area contributed by atoms with Crippen molar-refractivity contribution in [1.82, 2.24) is 10.6 Å². The van der Waals surface area contributed by atoms with Gasteiger partial charge in [-0.15, -0.1) is 0 Å². The van der Waals surface area contributed by atoms with Gasteiger partial charge in [-0.05, 0) is 46.6 Å². The predicted octanol–water partition coefficient (Wildman–Crippen LogP) is 2.87. The number of rotatable bonds is 11. The van der Waals surface area contributed by atoms with Gasteiger partial charge < -0.3 is 24.9 Å². The van der Waals surface area contributed by atoms with Crippen LogP contribution in [-0.2, 0) is 10.3 Å². The van der Waals surface area contributed by atoms with Crippen molar-refractivity contribution in [2.24, 2.45) is 4.99 Å². The van der Waals surface area contributed by atoms with Crippen LogP contribution in [0.25, 0.3) is 0 Å². The molecule has 6 nitrogen and oxygen atoms in total. The Labute approximate surface area is 152 Å². The number of ether oxygens (including phenoxy) is 1. The SMILES string of the molecule is CCCCOCCCNC(=NCC(C)(O)c1cc(C)oc1C)NCC. The molecule has 3 N–H and O–H groups in total. The van der Waals surface area contributed by atoms with E-state index in [1.807, 2.05) is 26.8 Å². The van der Waals surface area contributed by atoms with Crippen molar-refractivity contribution in [3.63, 3.8) is 0 Å². The first-order valence-electron chi connectivity index (χ1n) is 9.30. The van der Waals surface area contributed by atoms with E-state index in [0.717, 1.165) is 62.6 Å². The van der Waals surface area contributed by atoms with Crippen LogP contribution in [0.15, 0.2) is 15.5 Å². The summed E-state index contributed by atoms with van der Waals surface area (Å²) in [6.45, 7) is 13.1. The Morgan fingerprint density at radius 3 is 2.56 bits per heavy atom. The molecule has 0 saturated carbocycles. The highest BCUT2D eigenvalue weighted by atomic mass is 16.5. The highest BCUT2D eigenvalue weighted by Crippen LogP contribution is 2.27. The molecule has 1 unspecified atom stereocenters. The number of nitrogens with zero attached hydrogens (tertiary/aromatic N) is 1. The molecule has 6 heteroatoms. The van der Waals surface area contributed by atoms with Gasteiger partial charge in [0.15, 0.2) is 5.96 Å². The number of aliphatic hydroxyl groups is 1. The van der Waals surface area contributed by atoms with Crippen LogP contribution in [0.2, 0.25) is 0 Å².